The molecule has 0 atom stereocenters. The highest BCUT2D eigenvalue weighted by atomic mass is 32.2. The molecule has 1 aromatic carbocycles. The van der Waals surface area contributed by atoms with Crippen molar-refractivity contribution < 1.29 is 8.42 Å². The van der Waals surface area contributed by atoms with E-state index in [1.807, 2.05) is 6.07 Å². The molecule has 0 radical (unpaired) electrons. The molecule has 0 aliphatic rings. The van der Waals surface area contributed by atoms with Gasteiger partial charge in [0.05, 0.1) is 9.79 Å². The number of hydrogen-bond acceptors (Lipinski definition) is 4. The molecule has 0 N–H and O–H groups in total. The lowest BCUT2D eigenvalue weighted by Gasteiger charge is -2.03. The van der Waals surface area contributed by atoms with Crippen LogP contribution in [0.3, 0.4) is 0 Å². The first kappa shape index (κ1) is 11.3. The Morgan fingerprint density at radius 2 is 1.71 bits per heavy atom. The molecule has 0 fully saturated rings. The van der Waals surface area contributed by atoms with Crippen molar-refractivity contribution in [3.05, 3.63) is 54.4 Å². The maximum absolute atomic E-state index is 12.1. The van der Waals surface area contributed by atoms with Crippen LogP contribution in [0.5, 0.6) is 0 Å². The van der Waals surface area contributed by atoms with Crippen molar-refractivity contribution in [2.24, 2.45) is 0 Å². The fraction of sp³-hybridized carbons (Fsp3) is 0. The van der Waals surface area contributed by atoms with Crippen LogP contribution < -0.4 is 0 Å². The summed E-state index contributed by atoms with van der Waals surface area (Å²) in [5, 5.41) is 8.59. The lowest BCUT2D eigenvalue weighted by Crippen LogP contribution is -2.02. The highest BCUT2D eigenvalue weighted by Crippen LogP contribution is 2.19. The number of hydrogen-bond donors (Lipinski definition) is 0. The first-order chi connectivity index (χ1) is 8.14. The smallest absolute Gasteiger partial charge is 0.208 e. The molecule has 1 heterocycles. The summed E-state index contributed by atoms with van der Waals surface area (Å²) in [5.41, 5.74) is 0.192. The summed E-state index contributed by atoms with van der Waals surface area (Å²) in [6.45, 7) is 0. The zero-order valence-electron chi connectivity index (χ0n) is 8.74. The second-order valence-electron chi connectivity index (χ2n) is 3.31. The van der Waals surface area contributed by atoms with Gasteiger partial charge in [0.15, 0.2) is 0 Å². The molecule has 0 aliphatic carbocycles. The SMILES string of the molecule is N#Cc1ccc(S(=O)(=O)c2ccccc2)cn1. The Labute approximate surface area is 99.1 Å². The largest absolute Gasteiger partial charge is 0.244 e. The molecule has 2 rings (SSSR count). The summed E-state index contributed by atoms with van der Waals surface area (Å²) in [6.07, 6.45) is 1.20. The Morgan fingerprint density at radius 1 is 1.00 bits per heavy atom. The minimum Gasteiger partial charge on any atom is -0.244 e. The van der Waals surface area contributed by atoms with Crippen LogP contribution in [0.4, 0.5) is 0 Å². The summed E-state index contributed by atoms with van der Waals surface area (Å²) in [5.74, 6) is 0. The number of rotatable bonds is 2. The molecule has 2 aromatic rings. The van der Waals surface area contributed by atoms with Crippen LogP contribution in [0.2, 0.25) is 0 Å². The summed E-state index contributed by atoms with van der Waals surface area (Å²) >= 11 is 0. The lowest BCUT2D eigenvalue weighted by molar-refractivity contribution is 0.595. The van der Waals surface area contributed by atoms with Crippen molar-refractivity contribution in [1.82, 2.24) is 4.98 Å². The molecule has 5 heteroatoms. The number of benzene rings is 1. The van der Waals surface area contributed by atoms with Gasteiger partial charge in [0.25, 0.3) is 0 Å². The molecule has 0 spiro atoms. The molecule has 0 bridgehead atoms. The van der Waals surface area contributed by atoms with Crippen molar-refractivity contribution in [3.63, 3.8) is 0 Å². The van der Waals surface area contributed by atoms with Crippen LogP contribution in [0.15, 0.2) is 58.5 Å². The second-order valence-corrected chi connectivity index (χ2v) is 5.26. The zero-order chi connectivity index (χ0) is 12.3. The monoisotopic (exact) mass is 244 g/mol. The Kier molecular flexibility index (Phi) is 2.90. The van der Waals surface area contributed by atoms with E-state index >= 15 is 0 Å². The fourth-order valence-corrected chi connectivity index (χ4v) is 2.57. The molecule has 17 heavy (non-hydrogen) atoms. The summed E-state index contributed by atoms with van der Waals surface area (Å²) in [7, 11) is -3.54. The highest BCUT2D eigenvalue weighted by Gasteiger charge is 2.17. The second kappa shape index (κ2) is 4.36. The van der Waals surface area contributed by atoms with E-state index in [9.17, 15) is 8.42 Å². The molecular weight excluding hydrogens is 236 g/mol. The first-order valence-electron chi connectivity index (χ1n) is 4.81. The molecule has 84 valence electrons. The van der Waals surface area contributed by atoms with Gasteiger partial charge in [0.1, 0.15) is 11.8 Å². The third-order valence-electron chi connectivity index (χ3n) is 2.21. The van der Waals surface area contributed by atoms with Gasteiger partial charge in [-0.15, -0.1) is 0 Å². The summed E-state index contributed by atoms with van der Waals surface area (Å²) in [4.78, 5) is 4.05. The van der Waals surface area contributed by atoms with E-state index in [-0.39, 0.29) is 15.5 Å². The van der Waals surface area contributed by atoms with Crippen LogP contribution in [0.25, 0.3) is 0 Å². The normalized spacial score (nSPS) is 10.8. The summed E-state index contributed by atoms with van der Waals surface area (Å²) in [6, 6.07) is 12.7. The van der Waals surface area contributed by atoms with Crippen LogP contribution >= 0.6 is 0 Å². The van der Waals surface area contributed by atoms with Crippen LogP contribution in [-0.4, -0.2) is 13.4 Å². The fourth-order valence-electron chi connectivity index (χ4n) is 1.34. The van der Waals surface area contributed by atoms with E-state index < -0.39 is 9.84 Å². The van der Waals surface area contributed by atoms with Crippen molar-refractivity contribution in [1.29, 1.82) is 5.26 Å². The van der Waals surface area contributed by atoms with E-state index in [1.165, 1.54) is 30.5 Å². The van der Waals surface area contributed by atoms with Crippen molar-refractivity contribution in [2.75, 3.05) is 0 Å². The molecule has 1 aromatic heterocycles. The minimum atomic E-state index is -3.54. The maximum Gasteiger partial charge on any atom is 0.208 e. The molecule has 4 nitrogen and oxygen atoms in total. The number of aromatic nitrogens is 1. The Morgan fingerprint density at radius 3 is 2.24 bits per heavy atom. The van der Waals surface area contributed by atoms with Gasteiger partial charge in [-0.05, 0) is 24.3 Å². The van der Waals surface area contributed by atoms with Gasteiger partial charge < -0.3 is 0 Å². The van der Waals surface area contributed by atoms with E-state index in [0.717, 1.165) is 0 Å². The van der Waals surface area contributed by atoms with Crippen molar-refractivity contribution in [3.8, 4) is 6.07 Å². The minimum absolute atomic E-state index is 0.0858. The molecule has 0 amide bonds. The van der Waals surface area contributed by atoms with E-state index in [0.29, 0.717) is 0 Å². The quantitative estimate of drug-likeness (QED) is 0.807. The standard InChI is InChI=1S/C12H8N2O2S/c13-8-10-6-7-12(9-14-10)17(15,16)11-4-2-1-3-5-11/h1-7,9H. The maximum atomic E-state index is 12.1. The van der Waals surface area contributed by atoms with Gasteiger partial charge in [0.2, 0.25) is 9.84 Å². The van der Waals surface area contributed by atoms with Crippen molar-refractivity contribution in [2.45, 2.75) is 9.79 Å². The molecule has 0 saturated carbocycles. The highest BCUT2D eigenvalue weighted by molar-refractivity contribution is 7.91. The van der Waals surface area contributed by atoms with Crippen LogP contribution in [0.1, 0.15) is 5.69 Å². The third kappa shape index (κ3) is 2.17. The van der Waals surface area contributed by atoms with Crippen LogP contribution in [0, 0.1) is 11.3 Å². The van der Waals surface area contributed by atoms with Crippen LogP contribution in [-0.2, 0) is 9.84 Å². The van der Waals surface area contributed by atoms with E-state index in [2.05, 4.69) is 4.98 Å². The van der Waals surface area contributed by atoms with Crippen molar-refractivity contribution >= 4 is 9.84 Å². The number of pyridine rings is 1. The summed E-state index contributed by atoms with van der Waals surface area (Å²) < 4.78 is 24.2. The number of nitrogens with zero attached hydrogens (tertiary/aromatic N) is 2. The Hall–Kier alpha value is -2.19. The van der Waals surface area contributed by atoms with Gasteiger partial charge in [-0.25, -0.2) is 13.4 Å². The first-order valence-corrected chi connectivity index (χ1v) is 6.29. The zero-order valence-corrected chi connectivity index (χ0v) is 9.55. The number of sulfone groups is 1. The Bertz CT molecular complexity index is 656. The lowest BCUT2D eigenvalue weighted by atomic mass is 10.4. The van der Waals surface area contributed by atoms with Gasteiger partial charge >= 0.3 is 0 Å². The van der Waals surface area contributed by atoms with Gasteiger partial charge in [-0.3, -0.25) is 0 Å². The molecule has 0 saturated heterocycles. The Balaban J connectivity index is 2.50. The average molecular weight is 244 g/mol. The number of nitriles is 1. The predicted molar refractivity (Wildman–Crippen MR) is 60.8 cm³/mol. The molecule has 0 aliphatic heterocycles. The van der Waals surface area contributed by atoms with Gasteiger partial charge in [-0.2, -0.15) is 5.26 Å². The van der Waals surface area contributed by atoms with E-state index in [4.69, 9.17) is 5.26 Å². The third-order valence-corrected chi connectivity index (χ3v) is 3.97. The van der Waals surface area contributed by atoms with E-state index in [1.54, 1.807) is 18.2 Å². The topological polar surface area (TPSA) is 70.8 Å². The van der Waals surface area contributed by atoms with Gasteiger partial charge in [0, 0.05) is 6.20 Å². The average Bonchev–Trinajstić information content (AvgIpc) is 2.40. The molecule has 0 unspecified atom stereocenters. The predicted octanol–water partition coefficient (Wildman–Crippen LogP) is 1.79. The van der Waals surface area contributed by atoms with Gasteiger partial charge in [-0.1, -0.05) is 18.2 Å². The molecular formula is C12H8N2O2S.